The Balaban J connectivity index is 1.63. The van der Waals surface area contributed by atoms with E-state index in [2.05, 4.69) is 15.6 Å². The lowest BCUT2D eigenvalue weighted by molar-refractivity contribution is -0.120. The molecule has 28 heavy (non-hydrogen) atoms. The Hall–Kier alpha value is -3.19. The lowest BCUT2D eigenvalue weighted by Gasteiger charge is -2.15. The maximum atomic E-state index is 13.2. The molecular weight excluding hydrogens is 385 g/mol. The maximum absolute atomic E-state index is 13.2. The van der Waals surface area contributed by atoms with Gasteiger partial charge in [0.25, 0.3) is 5.91 Å². The van der Waals surface area contributed by atoms with Gasteiger partial charge in [0, 0.05) is 17.1 Å². The predicted octanol–water partition coefficient (Wildman–Crippen LogP) is 2.93. The van der Waals surface area contributed by atoms with Gasteiger partial charge in [-0.15, -0.1) is 0 Å². The number of aromatic amines is 1. The van der Waals surface area contributed by atoms with Gasteiger partial charge in [-0.3, -0.25) is 14.4 Å². The smallest absolute Gasteiger partial charge is 0.257 e. The van der Waals surface area contributed by atoms with E-state index in [1.807, 2.05) is 0 Å². The second-order valence-corrected chi connectivity index (χ2v) is 6.63. The largest absolute Gasteiger partial charge is 0.360 e. The normalized spacial score (nSPS) is 11.8. The molecule has 2 amide bonds. The SMILES string of the molecule is CC(NC(=O)CNC(=O)c1c[nH]c2ccccc2c1=O)c1ccc(F)c(Cl)c1. The molecule has 3 N–H and O–H groups in total. The van der Waals surface area contributed by atoms with Gasteiger partial charge in [-0.05, 0) is 36.8 Å². The molecular formula is C20H17ClFN3O3. The number of carbonyl (C=O) groups is 2. The van der Waals surface area contributed by atoms with Gasteiger partial charge in [-0.2, -0.15) is 0 Å². The van der Waals surface area contributed by atoms with Gasteiger partial charge in [0.15, 0.2) is 0 Å². The number of hydrogen-bond acceptors (Lipinski definition) is 3. The van der Waals surface area contributed by atoms with E-state index in [1.165, 1.54) is 24.4 Å². The van der Waals surface area contributed by atoms with Gasteiger partial charge < -0.3 is 15.6 Å². The van der Waals surface area contributed by atoms with E-state index in [9.17, 15) is 18.8 Å². The van der Waals surface area contributed by atoms with Crippen LogP contribution in [0.15, 0.2) is 53.5 Å². The number of halogens is 2. The Kier molecular flexibility index (Phi) is 5.75. The number of amides is 2. The molecule has 1 atom stereocenters. The minimum Gasteiger partial charge on any atom is -0.360 e. The van der Waals surface area contributed by atoms with Gasteiger partial charge in [0.05, 0.1) is 17.6 Å². The highest BCUT2D eigenvalue weighted by atomic mass is 35.5. The molecule has 2 aromatic carbocycles. The monoisotopic (exact) mass is 401 g/mol. The summed E-state index contributed by atoms with van der Waals surface area (Å²) in [5.41, 5.74) is 0.747. The first-order valence-corrected chi connectivity index (χ1v) is 8.87. The molecule has 1 aromatic heterocycles. The highest BCUT2D eigenvalue weighted by molar-refractivity contribution is 6.30. The summed E-state index contributed by atoms with van der Waals surface area (Å²) in [7, 11) is 0. The average Bonchev–Trinajstić information content (AvgIpc) is 2.68. The van der Waals surface area contributed by atoms with Crippen molar-refractivity contribution >= 4 is 34.3 Å². The third kappa shape index (κ3) is 4.20. The van der Waals surface area contributed by atoms with Crippen molar-refractivity contribution in [2.45, 2.75) is 13.0 Å². The summed E-state index contributed by atoms with van der Waals surface area (Å²) in [5, 5.41) is 5.45. The number of nitrogens with one attached hydrogen (secondary N) is 3. The van der Waals surface area contributed by atoms with Crippen molar-refractivity contribution in [3.63, 3.8) is 0 Å². The number of hydrogen-bond donors (Lipinski definition) is 3. The van der Waals surface area contributed by atoms with Gasteiger partial charge in [-0.1, -0.05) is 29.8 Å². The first kappa shape index (κ1) is 19.6. The van der Waals surface area contributed by atoms with Crippen molar-refractivity contribution < 1.29 is 14.0 Å². The molecule has 1 heterocycles. The van der Waals surface area contributed by atoms with Crippen LogP contribution in [0, 0.1) is 5.82 Å². The third-order valence-electron chi connectivity index (χ3n) is 4.26. The lowest BCUT2D eigenvalue weighted by atomic mass is 10.1. The highest BCUT2D eigenvalue weighted by Gasteiger charge is 2.15. The van der Waals surface area contributed by atoms with Crippen LogP contribution in [0.3, 0.4) is 0 Å². The van der Waals surface area contributed by atoms with Crippen LogP contribution < -0.4 is 16.1 Å². The minimum absolute atomic E-state index is 0.0394. The number of fused-ring (bicyclic) bond motifs is 1. The zero-order valence-electron chi connectivity index (χ0n) is 14.9. The number of carbonyl (C=O) groups excluding carboxylic acids is 2. The lowest BCUT2D eigenvalue weighted by Crippen LogP contribution is -2.39. The average molecular weight is 402 g/mol. The van der Waals surface area contributed by atoms with Gasteiger partial charge >= 0.3 is 0 Å². The van der Waals surface area contributed by atoms with E-state index in [4.69, 9.17) is 11.6 Å². The molecule has 8 heteroatoms. The fraction of sp³-hybridized carbons (Fsp3) is 0.150. The molecule has 0 aliphatic carbocycles. The van der Waals surface area contributed by atoms with Crippen LogP contribution in [0.25, 0.3) is 10.9 Å². The molecule has 0 aliphatic rings. The first-order chi connectivity index (χ1) is 13.4. The van der Waals surface area contributed by atoms with Crippen molar-refractivity contribution in [1.29, 1.82) is 0 Å². The van der Waals surface area contributed by atoms with E-state index in [0.717, 1.165) is 0 Å². The van der Waals surface area contributed by atoms with Crippen LogP contribution in [0.2, 0.25) is 5.02 Å². The Morgan fingerprint density at radius 1 is 1.21 bits per heavy atom. The number of pyridine rings is 1. The summed E-state index contributed by atoms with van der Waals surface area (Å²) in [6.45, 7) is 1.39. The predicted molar refractivity (Wildman–Crippen MR) is 105 cm³/mol. The zero-order valence-corrected chi connectivity index (χ0v) is 15.6. The summed E-state index contributed by atoms with van der Waals surface area (Å²) in [5.74, 6) is -1.66. The molecule has 3 aromatic rings. The van der Waals surface area contributed by atoms with Crippen molar-refractivity contribution in [2.75, 3.05) is 6.54 Å². The zero-order chi connectivity index (χ0) is 20.3. The van der Waals surface area contributed by atoms with Crippen LogP contribution >= 0.6 is 11.6 Å². The van der Waals surface area contributed by atoms with Crippen molar-refractivity contribution in [1.82, 2.24) is 15.6 Å². The Morgan fingerprint density at radius 3 is 2.71 bits per heavy atom. The molecule has 0 aliphatic heterocycles. The molecule has 0 bridgehead atoms. The number of rotatable bonds is 5. The molecule has 3 rings (SSSR count). The van der Waals surface area contributed by atoms with E-state index >= 15 is 0 Å². The van der Waals surface area contributed by atoms with Gasteiger partial charge in [-0.25, -0.2) is 4.39 Å². The van der Waals surface area contributed by atoms with E-state index in [-0.39, 0.29) is 17.1 Å². The molecule has 0 fully saturated rings. The second kappa shape index (κ2) is 8.22. The molecule has 0 spiro atoms. The number of benzene rings is 2. The number of aromatic nitrogens is 1. The molecule has 1 unspecified atom stereocenters. The van der Waals surface area contributed by atoms with Gasteiger partial charge in [0.1, 0.15) is 11.4 Å². The first-order valence-electron chi connectivity index (χ1n) is 8.49. The Morgan fingerprint density at radius 2 is 1.96 bits per heavy atom. The summed E-state index contributed by atoms with van der Waals surface area (Å²) < 4.78 is 13.2. The Labute approximate surface area is 164 Å². The third-order valence-corrected chi connectivity index (χ3v) is 4.55. The summed E-state index contributed by atoms with van der Waals surface area (Å²) >= 11 is 5.74. The van der Waals surface area contributed by atoms with Gasteiger partial charge in [0.2, 0.25) is 11.3 Å². The summed E-state index contributed by atoms with van der Waals surface area (Å²) in [6, 6.07) is 10.5. The van der Waals surface area contributed by atoms with Crippen LogP contribution in [0.1, 0.15) is 28.9 Å². The van der Waals surface area contributed by atoms with Crippen LogP contribution in [-0.2, 0) is 4.79 Å². The van der Waals surface area contributed by atoms with Crippen LogP contribution in [0.4, 0.5) is 4.39 Å². The highest BCUT2D eigenvalue weighted by Crippen LogP contribution is 2.20. The molecule has 144 valence electrons. The summed E-state index contributed by atoms with van der Waals surface area (Å²) in [6.07, 6.45) is 1.32. The molecule has 0 saturated heterocycles. The Bertz CT molecular complexity index is 1110. The van der Waals surface area contributed by atoms with Crippen LogP contribution in [-0.4, -0.2) is 23.3 Å². The number of H-pyrrole nitrogens is 1. The molecule has 0 radical (unpaired) electrons. The standard InChI is InChI=1S/C20H17ClFN3O3/c1-11(12-6-7-16(22)15(21)8-12)25-18(26)10-24-20(28)14-9-23-17-5-3-2-4-13(17)19(14)27/h2-9,11H,10H2,1H3,(H,23,27)(H,24,28)(H,25,26). The fourth-order valence-corrected chi connectivity index (χ4v) is 2.94. The van der Waals surface area contributed by atoms with Crippen LogP contribution in [0.5, 0.6) is 0 Å². The molecule has 0 saturated carbocycles. The quantitative estimate of drug-likeness (QED) is 0.614. The topological polar surface area (TPSA) is 91.1 Å². The van der Waals surface area contributed by atoms with Crippen molar-refractivity contribution in [3.8, 4) is 0 Å². The van der Waals surface area contributed by atoms with E-state index in [0.29, 0.717) is 16.5 Å². The minimum atomic E-state index is -0.653. The van der Waals surface area contributed by atoms with E-state index < -0.39 is 29.1 Å². The second-order valence-electron chi connectivity index (χ2n) is 6.22. The van der Waals surface area contributed by atoms with Crippen molar-refractivity contribution in [3.05, 3.63) is 80.9 Å². The fourth-order valence-electron chi connectivity index (χ4n) is 2.75. The molecule has 6 nitrogen and oxygen atoms in total. The van der Waals surface area contributed by atoms with Crippen molar-refractivity contribution in [2.24, 2.45) is 0 Å². The van der Waals surface area contributed by atoms with E-state index in [1.54, 1.807) is 31.2 Å². The maximum Gasteiger partial charge on any atom is 0.257 e. The number of para-hydroxylation sites is 1. The summed E-state index contributed by atoms with van der Waals surface area (Å²) in [4.78, 5) is 39.7.